The molecule has 2 rings (SSSR count). The molecule has 112 valence electrons. The van der Waals surface area contributed by atoms with Gasteiger partial charge in [-0.2, -0.15) is 0 Å². The van der Waals surface area contributed by atoms with Gasteiger partial charge in [-0.3, -0.25) is 9.05 Å². The number of hydrogen-bond donors (Lipinski definition) is 1. The average molecular weight is 331 g/mol. The van der Waals surface area contributed by atoms with Gasteiger partial charge in [0, 0.05) is 10.8 Å². The van der Waals surface area contributed by atoms with Crippen molar-refractivity contribution in [3.05, 3.63) is 0 Å². The highest BCUT2D eigenvalue weighted by atomic mass is 35.5. The fourth-order valence-electron chi connectivity index (χ4n) is 2.77. The number of hydrogen-bond acceptors (Lipinski definition) is 3. The molecule has 0 aliphatic heterocycles. The van der Waals surface area contributed by atoms with Crippen LogP contribution in [-0.2, 0) is 13.6 Å². The minimum atomic E-state index is -4.00. The molecule has 4 nitrogen and oxygen atoms in total. The van der Waals surface area contributed by atoms with E-state index in [1.165, 1.54) is 0 Å². The van der Waals surface area contributed by atoms with E-state index in [2.05, 4.69) is 0 Å². The number of phosphoric ester groups is 1. The van der Waals surface area contributed by atoms with Crippen LogP contribution in [-0.4, -0.2) is 27.9 Å². The van der Waals surface area contributed by atoms with Gasteiger partial charge >= 0.3 is 7.82 Å². The maximum atomic E-state index is 12.0. The maximum Gasteiger partial charge on any atom is 0.472 e. The SMILES string of the molecule is O=P(O)(OC1CCCC(Cl)C1)OC1CCCC(Cl)C1. The van der Waals surface area contributed by atoms with Crippen molar-refractivity contribution in [2.24, 2.45) is 0 Å². The lowest BCUT2D eigenvalue weighted by atomic mass is 9.98. The first kappa shape index (κ1) is 16.1. The highest BCUT2D eigenvalue weighted by molar-refractivity contribution is 7.47. The van der Waals surface area contributed by atoms with Crippen LogP contribution in [0, 0.1) is 0 Å². The molecule has 0 aromatic heterocycles. The Balaban J connectivity index is 1.82. The Bertz CT molecular complexity index is 314. The van der Waals surface area contributed by atoms with Crippen molar-refractivity contribution in [2.75, 3.05) is 0 Å². The van der Waals surface area contributed by atoms with Crippen LogP contribution in [0.4, 0.5) is 0 Å². The zero-order valence-electron chi connectivity index (χ0n) is 10.8. The topological polar surface area (TPSA) is 55.8 Å². The van der Waals surface area contributed by atoms with Crippen molar-refractivity contribution in [3.63, 3.8) is 0 Å². The highest BCUT2D eigenvalue weighted by Crippen LogP contribution is 2.49. The highest BCUT2D eigenvalue weighted by Gasteiger charge is 2.34. The number of alkyl halides is 2. The molecule has 0 radical (unpaired) electrons. The van der Waals surface area contributed by atoms with Crippen molar-refractivity contribution in [1.82, 2.24) is 0 Å². The van der Waals surface area contributed by atoms with Crippen LogP contribution >= 0.6 is 31.0 Å². The third-order valence-corrected chi connectivity index (χ3v) is 5.61. The smallest absolute Gasteiger partial charge is 0.302 e. The molecule has 0 saturated heterocycles. The van der Waals surface area contributed by atoms with Crippen molar-refractivity contribution >= 4 is 31.0 Å². The van der Waals surface area contributed by atoms with Crippen LogP contribution in [0.5, 0.6) is 0 Å². The predicted molar refractivity (Wildman–Crippen MR) is 75.8 cm³/mol. The fraction of sp³-hybridized carbons (Fsp3) is 1.00. The van der Waals surface area contributed by atoms with Gasteiger partial charge in [-0.15, -0.1) is 23.2 Å². The number of halogens is 2. The third kappa shape index (κ3) is 5.53. The summed E-state index contributed by atoms with van der Waals surface area (Å²) in [6.45, 7) is 0. The van der Waals surface area contributed by atoms with E-state index in [0.717, 1.165) is 38.5 Å². The largest absolute Gasteiger partial charge is 0.472 e. The molecule has 4 unspecified atom stereocenters. The molecule has 2 aliphatic carbocycles. The molecule has 0 bridgehead atoms. The van der Waals surface area contributed by atoms with Gasteiger partial charge in [0.15, 0.2) is 0 Å². The molecule has 0 aromatic rings. The molecule has 2 aliphatic rings. The molecular weight excluding hydrogens is 310 g/mol. The Morgan fingerprint density at radius 1 is 0.895 bits per heavy atom. The second-order valence-electron chi connectivity index (χ2n) is 5.45. The van der Waals surface area contributed by atoms with E-state index in [-0.39, 0.29) is 23.0 Å². The second kappa shape index (κ2) is 7.11. The Hall–Kier alpha value is 0.690. The first-order chi connectivity index (χ1) is 8.94. The van der Waals surface area contributed by atoms with Gasteiger partial charge < -0.3 is 4.89 Å². The summed E-state index contributed by atoms with van der Waals surface area (Å²) in [5.41, 5.74) is 0. The summed E-state index contributed by atoms with van der Waals surface area (Å²) in [5.74, 6) is 0. The summed E-state index contributed by atoms with van der Waals surface area (Å²) < 4.78 is 22.5. The van der Waals surface area contributed by atoms with Crippen molar-refractivity contribution < 1.29 is 18.5 Å². The van der Waals surface area contributed by atoms with Gasteiger partial charge in [0.1, 0.15) is 0 Å². The minimum Gasteiger partial charge on any atom is -0.302 e. The summed E-state index contributed by atoms with van der Waals surface area (Å²) >= 11 is 12.1. The number of phosphoric acid groups is 1. The van der Waals surface area contributed by atoms with Gasteiger partial charge in [-0.1, -0.05) is 0 Å². The van der Waals surface area contributed by atoms with Crippen LogP contribution in [0.25, 0.3) is 0 Å². The van der Waals surface area contributed by atoms with Gasteiger partial charge in [0.2, 0.25) is 0 Å². The summed E-state index contributed by atoms with van der Waals surface area (Å²) in [6, 6.07) is 0. The predicted octanol–water partition coefficient (Wildman–Crippen LogP) is 4.22. The number of rotatable bonds is 4. The van der Waals surface area contributed by atoms with Gasteiger partial charge in [-0.25, -0.2) is 4.57 Å². The summed E-state index contributed by atoms with van der Waals surface area (Å²) in [4.78, 5) is 9.82. The Morgan fingerprint density at radius 3 is 1.68 bits per heavy atom. The third-order valence-electron chi connectivity index (χ3n) is 3.69. The Labute approximate surface area is 124 Å². The normalized spacial score (nSPS) is 39.7. The molecular formula is C12H21Cl2O4P. The van der Waals surface area contributed by atoms with E-state index in [1.54, 1.807) is 0 Å². The Kier molecular flexibility index (Phi) is 6.01. The summed E-state index contributed by atoms with van der Waals surface area (Å²) in [7, 11) is -4.00. The standard InChI is InChI=1S/C12H21Cl2O4P/c13-9-3-1-5-11(7-9)17-19(15,16)18-12-6-2-4-10(14)8-12/h9-12H,1-8H2,(H,15,16). The van der Waals surface area contributed by atoms with Crippen LogP contribution in [0.3, 0.4) is 0 Å². The first-order valence-electron chi connectivity index (χ1n) is 6.92. The van der Waals surface area contributed by atoms with Crippen LogP contribution in [0.15, 0.2) is 0 Å². The quantitative estimate of drug-likeness (QED) is 0.619. The van der Waals surface area contributed by atoms with Crippen molar-refractivity contribution in [3.8, 4) is 0 Å². The molecule has 0 spiro atoms. The van der Waals surface area contributed by atoms with E-state index in [0.29, 0.717) is 12.8 Å². The van der Waals surface area contributed by atoms with E-state index in [9.17, 15) is 9.46 Å². The van der Waals surface area contributed by atoms with Crippen molar-refractivity contribution in [1.29, 1.82) is 0 Å². The maximum absolute atomic E-state index is 12.0. The molecule has 1 N–H and O–H groups in total. The van der Waals surface area contributed by atoms with E-state index in [4.69, 9.17) is 32.2 Å². The molecule has 4 atom stereocenters. The summed E-state index contributed by atoms with van der Waals surface area (Å²) in [5, 5.41) is 0.0568. The average Bonchev–Trinajstić information content (AvgIpc) is 2.27. The minimum absolute atomic E-state index is 0.0284. The summed E-state index contributed by atoms with van der Waals surface area (Å²) in [6.07, 6.45) is 5.92. The van der Waals surface area contributed by atoms with Crippen LogP contribution in [0.2, 0.25) is 0 Å². The zero-order chi connectivity index (χ0) is 13.9. The second-order valence-corrected chi connectivity index (χ2v) is 8.04. The lowest BCUT2D eigenvalue weighted by molar-refractivity contribution is 0.0488. The van der Waals surface area contributed by atoms with E-state index >= 15 is 0 Å². The van der Waals surface area contributed by atoms with Crippen LogP contribution < -0.4 is 0 Å². The molecule has 2 saturated carbocycles. The molecule has 2 fully saturated rings. The van der Waals surface area contributed by atoms with Crippen molar-refractivity contribution in [2.45, 2.75) is 74.3 Å². The molecule has 0 heterocycles. The Morgan fingerprint density at radius 2 is 1.32 bits per heavy atom. The zero-order valence-corrected chi connectivity index (χ0v) is 13.2. The molecule has 7 heteroatoms. The first-order valence-corrected chi connectivity index (χ1v) is 9.29. The molecule has 0 amide bonds. The molecule has 0 aromatic carbocycles. The molecule has 19 heavy (non-hydrogen) atoms. The lowest BCUT2D eigenvalue weighted by Gasteiger charge is -2.30. The van der Waals surface area contributed by atoms with Crippen LogP contribution in [0.1, 0.15) is 51.4 Å². The van der Waals surface area contributed by atoms with Gasteiger partial charge in [-0.05, 0) is 51.4 Å². The lowest BCUT2D eigenvalue weighted by Crippen LogP contribution is -2.25. The van der Waals surface area contributed by atoms with Gasteiger partial charge in [0.25, 0.3) is 0 Å². The van der Waals surface area contributed by atoms with E-state index < -0.39 is 7.82 Å². The fourth-order valence-corrected chi connectivity index (χ4v) is 4.66. The monoisotopic (exact) mass is 330 g/mol. The van der Waals surface area contributed by atoms with E-state index in [1.807, 2.05) is 0 Å². The van der Waals surface area contributed by atoms with Gasteiger partial charge in [0.05, 0.1) is 12.2 Å².